The molecule has 11 heteroatoms. The molecular weight excluding hydrogens is 404 g/mol. The standard InChI is InChI=1S/C17H16N4O5.C3H3N2/c22-13(9-21-7-1-2-14(21)23)19-11-5-3-10(4-6-11)15-18-8-12(17(25)26)16(24)20-15;1-2-5-3-4-1/h3-6,8H,1-2,7,9H2,(H,19,22)(H,25,26)(H,18,20,24);1-3H/q;-1. The Labute approximate surface area is 176 Å². The summed E-state index contributed by atoms with van der Waals surface area (Å²) in [6, 6.07) is 6.53. The Morgan fingerprint density at radius 1 is 1.23 bits per heavy atom. The summed E-state index contributed by atoms with van der Waals surface area (Å²) >= 11 is 0. The summed E-state index contributed by atoms with van der Waals surface area (Å²) in [4.78, 5) is 61.1. The number of amides is 2. The number of aromatic carboxylic acids is 1. The summed E-state index contributed by atoms with van der Waals surface area (Å²) < 4.78 is 0. The third kappa shape index (κ3) is 5.85. The Kier molecular flexibility index (Phi) is 6.89. The number of rotatable bonds is 5. The van der Waals surface area contributed by atoms with Crippen LogP contribution in [0, 0.1) is 0 Å². The van der Waals surface area contributed by atoms with Gasteiger partial charge in [0.25, 0.3) is 5.56 Å². The number of carboxylic acids is 1. The summed E-state index contributed by atoms with van der Waals surface area (Å²) in [6.45, 7) is 0.614. The summed E-state index contributed by atoms with van der Waals surface area (Å²) in [5, 5.41) is 11.5. The van der Waals surface area contributed by atoms with E-state index in [1.807, 2.05) is 0 Å². The van der Waals surface area contributed by atoms with E-state index in [4.69, 9.17) is 5.11 Å². The molecule has 0 unspecified atom stereocenters. The lowest BCUT2D eigenvalue weighted by atomic mass is 10.2. The van der Waals surface area contributed by atoms with Crippen LogP contribution in [-0.4, -0.2) is 55.8 Å². The molecule has 0 aliphatic carbocycles. The summed E-state index contributed by atoms with van der Waals surface area (Å²) in [6.07, 6.45) is 7.03. The monoisotopic (exact) mass is 423 g/mol. The van der Waals surface area contributed by atoms with Gasteiger partial charge in [-0.15, -0.1) is 0 Å². The van der Waals surface area contributed by atoms with Gasteiger partial charge in [-0.3, -0.25) is 14.4 Å². The van der Waals surface area contributed by atoms with Gasteiger partial charge in [0.05, 0.1) is 6.54 Å². The van der Waals surface area contributed by atoms with Crippen LogP contribution in [-0.2, 0) is 9.59 Å². The predicted octanol–water partition coefficient (Wildman–Crippen LogP) is 0.735. The van der Waals surface area contributed by atoms with Crippen molar-refractivity contribution in [2.75, 3.05) is 18.4 Å². The van der Waals surface area contributed by atoms with Gasteiger partial charge in [0, 0.05) is 30.4 Å². The van der Waals surface area contributed by atoms with Crippen LogP contribution < -0.4 is 15.9 Å². The molecule has 0 radical (unpaired) electrons. The number of hydrogen-bond acceptors (Lipinski definition) is 6. The number of anilines is 1. The van der Waals surface area contributed by atoms with E-state index in [9.17, 15) is 19.2 Å². The summed E-state index contributed by atoms with van der Waals surface area (Å²) in [7, 11) is 0. The lowest BCUT2D eigenvalue weighted by Gasteiger charge is -2.15. The van der Waals surface area contributed by atoms with Crippen LogP contribution in [0.15, 0.2) is 54.0 Å². The highest BCUT2D eigenvalue weighted by Gasteiger charge is 2.22. The number of carbonyl (C=O) groups is 3. The molecule has 11 nitrogen and oxygen atoms in total. The lowest BCUT2D eigenvalue weighted by Crippen LogP contribution is -2.33. The zero-order valence-corrected chi connectivity index (χ0v) is 16.3. The molecule has 31 heavy (non-hydrogen) atoms. The molecule has 1 aliphatic rings. The zero-order valence-electron chi connectivity index (χ0n) is 16.3. The first-order valence-corrected chi connectivity index (χ1v) is 9.31. The molecule has 1 aromatic carbocycles. The molecule has 0 saturated carbocycles. The Morgan fingerprint density at radius 2 is 2.00 bits per heavy atom. The molecule has 1 aliphatic heterocycles. The van der Waals surface area contributed by atoms with Crippen LogP contribution in [0.2, 0.25) is 0 Å². The minimum atomic E-state index is -1.35. The van der Waals surface area contributed by atoms with Crippen molar-refractivity contribution in [2.45, 2.75) is 12.8 Å². The number of carboxylic acid groups (broad SMARTS) is 1. The molecule has 3 aromatic rings. The van der Waals surface area contributed by atoms with E-state index in [-0.39, 0.29) is 24.2 Å². The van der Waals surface area contributed by atoms with E-state index >= 15 is 0 Å². The summed E-state index contributed by atoms with van der Waals surface area (Å²) in [5.41, 5.74) is -0.0779. The SMILES string of the molecule is O=C(CN1CCCC1=O)Nc1ccc(-c2ncc(C(=O)O)c(=O)[nH]2)cc1.c1c[n-]cn1. The molecule has 1 saturated heterocycles. The van der Waals surface area contributed by atoms with Gasteiger partial charge < -0.3 is 30.3 Å². The molecule has 4 rings (SSSR count). The highest BCUT2D eigenvalue weighted by molar-refractivity contribution is 5.95. The minimum Gasteiger partial charge on any atom is -0.477 e. The van der Waals surface area contributed by atoms with Gasteiger partial charge in [-0.2, -0.15) is 0 Å². The van der Waals surface area contributed by atoms with Gasteiger partial charge in [-0.05, 0) is 30.7 Å². The van der Waals surface area contributed by atoms with Crippen molar-refractivity contribution in [3.63, 3.8) is 0 Å². The lowest BCUT2D eigenvalue weighted by molar-refractivity contribution is -0.131. The first kappa shape index (κ1) is 21.4. The largest absolute Gasteiger partial charge is 0.477 e. The fraction of sp³-hybridized carbons (Fsp3) is 0.200. The van der Waals surface area contributed by atoms with Crippen LogP contribution >= 0.6 is 0 Å². The van der Waals surface area contributed by atoms with E-state index in [0.29, 0.717) is 24.2 Å². The number of likely N-dealkylation sites (tertiary alicyclic amines) is 1. The average molecular weight is 423 g/mol. The quantitative estimate of drug-likeness (QED) is 0.542. The fourth-order valence-electron chi connectivity index (χ4n) is 2.84. The van der Waals surface area contributed by atoms with Gasteiger partial charge in [0.15, 0.2) is 0 Å². The second-order valence-electron chi connectivity index (χ2n) is 6.54. The molecule has 0 spiro atoms. The minimum absolute atomic E-state index is 0.0182. The Bertz CT molecular complexity index is 1090. The number of nitrogens with zero attached hydrogens (tertiary/aromatic N) is 4. The smallest absolute Gasteiger partial charge is 0.342 e. The Hall–Kier alpha value is -4.28. The zero-order chi connectivity index (χ0) is 22.2. The molecule has 1 fully saturated rings. The maximum Gasteiger partial charge on any atom is 0.342 e. The van der Waals surface area contributed by atoms with Crippen molar-refractivity contribution < 1.29 is 19.5 Å². The molecule has 2 aromatic heterocycles. The maximum atomic E-state index is 12.0. The van der Waals surface area contributed by atoms with Gasteiger partial charge >= 0.3 is 5.97 Å². The molecule has 0 bridgehead atoms. The van der Waals surface area contributed by atoms with E-state index in [2.05, 4.69) is 25.3 Å². The van der Waals surface area contributed by atoms with Gasteiger partial charge in [-0.1, -0.05) is 18.7 Å². The normalized spacial score (nSPS) is 12.8. The first-order valence-electron chi connectivity index (χ1n) is 9.31. The average Bonchev–Trinajstić information content (AvgIpc) is 3.44. The van der Waals surface area contributed by atoms with Crippen molar-refractivity contribution in [1.82, 2.24) is 24.8 Å². The third-order valence-electron chi connectivity index (χ3n) is 4.35. The molecule has 2 amide bonds. The second kappa shape index (κ2) is 9.96. The number of aromatic amines is 1. The van der Waals surface area contributed by atoms with Crippen molar-refractivity contribution in [2.24, 2.45) is 0 Å². The van der Waals surface area contributed by atoms with Crippen molar-refractivity contribution in [1.29, 1.82) is 0 Å². The third-order valence-corrected chi connectivity index (χ3v) is 4.35. The number of carbonyl (C=O) groups excluding carboxylic acids is 2. The predicted molar refractivity (Wildman–Crippen MR) is 109 cm³/mol. The van der Waals surface area contributed by atoms with E-state index in [0.717, 1.165) is 12.6 Å². The van der Waals surface area contributed by atoms with Crippen LogP contribution in [0.1, 0.15) is 23.2 Å². The number of imidazole rings is 1. The fourth-order valence-corrected chi connectivity index (χ4v) is 2.84. The highest BCUT2D eigenvalue weighted by Crippen LogP contribution is 2.17. The van der Waals surface area contributed by atoms with Crippen LogP contribution in [0.25, 0.3) is 11.4 Å². The van der Waals surface area contributed by atoms with Gasteiger partial charge in [-0.25, -0.2) is 9.78 Å². The number of H-pyrrole nitrogens is 1. The number of hydrogen-bond donors (Lipinski definition) is 3. The topological polar surface area (TPSA) is 159 Å². The number of benzene rings is 1. The van der Waals surface area contributed by atoms with E-state index in [1.54, 1.807) is 36.7 Å². The molecular formula is C20H19N6O5-. The Balaban J connectivity index is 0.000000478. The second-order valence-corrected chi connectivity index (χ2v) is 6.54. The van der Waals surface area contributed by atoms with Gasteiger partial charge in [0.2, 0.25) is 11.8 Å². The van der Waals surface area contributed by atoms with Crippen molar-refractivity contribution in [3.05, 3.63) is 65.1 Å². The molecule has 0 atom stereocenters. The number of aromatic nitrogens is 4. The van der Waals surface area contributed by atoms with Gasteiger partial charge in [0.1, 0.15) is 11.4 Å². The molecule has 3 heterocycles. The van der Waals surface area contributed by atoms with Crippen LogP contribution in [0.3, 0.4) is 0 Å². The first-order chi connectivity index (χ1) is 14.9. The number of nitrogens with one attached hydrogen (secondary N) is 2. The van der Waals surface area contributed by atoms with Crippen molar-refractivity contribution in [3.8, 4) is 11.4 Å². The van der Waals surface area contributed by atoms with Crippen LogP contribution in [0.5, 0.6) is 0 Å². The van der Waals surface area contributed by atoms with E-state index in [1.165, 1.54) is 11.2 Å². The maximum absolute atomic E-state index is 12.0. The van der Waals surface area contributed by atoms with Crippen molar-refractivity contribution >= 4 is 23.5 Å². The Morgan fingerprint density at radius 3 is 2.52 bits per heavy atom. The van der Waals surface area contributed by atoms with Crippen LogP contribution in [0.4, 0.5) is 5.69 Å². The summed E-state index contributed by atoms with van der Waals surface area (Å²) in [5.74, 6) is -1.43. The molecule has 160 valence electrons. The van der Waals surface area contributed by atoms with E-state index < -0.39 is 17.1 Å². The molecule has 3 N–H and O–H groups in total. The highest BCUT2D eigenvalue weighted by atomic mass is 16.4.